The van der Waals surface area contributed by atoms with E-state index in [1.165, 1.54) is 18.9 Å². The Hall–Kier alpha value is -1.16. The summed E-state index contributed by atoms with van der Waals surface area (Å²) in [4.78, 5) is 0.0976. The van der Waals surface area contributed by atoms with Crippen LogP contribution in [0.25, 0.3) is 0 Å². The van der Waals surface area contributed by atoms with E-state index in [1.54, 1.807) is 6.07 Å². The molecule has 3 N–H and O–H groups in total. The quantitative estimate of drug-likeness (QED) is 0.791. The van der Waals surface area contributed by atoms with Gasteiger partial charge < -0.3 is 11.1 Å². The Morgan fingerprint density at radius 1 is 1.59 bits per heavy atom. The fourth-order valence-electron chi connectivity index (χ4n) is 1.94. The van der Waals surface area contributed by atoms with Gasteiger partial charge in [-0.25, -0.2) is 4.39 Å². The molecule has 17 heavy (non-hydrogen) atoms. The molecule has 1 aliphatic rings. The number of rotatable bonds is 5. The van der Waals surface area contributed by atoms with Gasteiger partial charge in [0.1, 0.15) is 10.8 Å². The van der Waals surface area contributed by atoms with E-state index in [0.717, 1.165) is 18.2 Å². The number of anilines is 1. The molecule has 92 valence electrons. The predicted octanol–water partition coefficient (Wildman–Crippen LogP) is 2.92. The van der Waals surface area contributed by atoms with Gasteiger partial charge in [0.25, 0.3) is 0 Å². The molecule has 0 saturated heterocycles. The predicted molar refractivity (Wildman–Crippen MR) is 72.7 cm³/mol. The average Bonchev–Trinajstić information content (AvgIpc) is 3.09. The molecular formula is C13H17FN2S. The van der Waals surface area contributed by atoms with Crippen molar-refractivity contribution in [2.75, 3.05) is 11.9 Å². The highest BCUT2D eigenvalue weighted by Gasteiger charge is 2.27. The van der Waals surface area contributed by atoms with Gasteiger partial charge in [0.15, 0.2) is 0 Å². The zero-order valence-electron chi connectivity index (χ0n) is 9.87. The minimum Gasteiger partial charge on any atom is -0.389 e. The Balaban J connectivity index is 1.97. The first kappa shape index (κ1) is 12.3. The van der Waals surface area contributed by atoms with Crippen molar-refractivity contribution in [1.82, 2.24) is 0 Å². The molecule has 1 saturated carbocycles. The Morgan fingerprint density at radius 3 is 2.82 bits per heavy atom. The first-order valence-electron chi connectivity index (χ1n) is 5.91. The van der Waals surface area contributed by atoms with Crippen molar-refractivity contribution < 1.29 is 4.39 Å². The van der Waals surface area contributed by atoms with Crippen molar-refractivity contribution in [3.63, 3.8) is 0 Å². The van der Waals surface area contributed by atoms with Crippen LogP contribution < -0.4 is 11.1 Å². The highest BCUT2D eigenvalue weighted by molar-refractivity contribution is 7.80. The molecule has 0 radical (unpaired) electrons. The van der Waals surface area contributed by atoms with Gasteiger partial charge in [-0.3, -0.25) is 0 Å². The Labute approximate surface area is 106 Å². The van der Waals surface area contributed by atoms with Crippen LogP contribution >= 0.6 is 12.2 Å². The van der Waals surface area contributed by atoms with E-state index in [0.29, 0.717) is 11.5 Å². The molecule has 1 aromatic rings. The lowest BCUT2D eigenvalue weighted by atomic mass is 10.1. The molecule has 2 nitrogen and oxygen atoms in total. The Morgan fingerprint density at radius 2 is 2.29 bits per heavy atom. The van der Waals surface area contributed by atoms with Gasteiger partial charge in [-0.05, 0) is 42.9 Å². The third kappa shape index (κ3) is 3.16. The molecule has 1 fully saturated rings. The summed E-state index contributed by atoms with van der Waals surface area (Å²) in [5.41, 5.74) is 6.50. The van der Waals surface area contributed by atoms with Crippen LogP contribution in [0.2, 0.25) is 0 Å². The Kier molecular flexibility index (Phi) is 3.62. The SMILES string of the molecule is CC(CNc1ccc(C(N)=S)c(F)c1)C1CC1. The molecule has 4 heteroatoms. The molecule has 0 aromatic heterocycles. The minimum atomic E-state index is -0.360. The molecular weight excluding hydrogens is 235 g/mol. The van der Waals surface area contributed by atoms with Crippen LogP contribution in [0.15, 0.2) is 18.2 Å². The summed E-state index contributed by atoms with van der Waals surface area (Å²) in [6, 6.07) is 4.90. The molecule has 1 atom stereocenters. The first-order chi connectivity index (χ1) is 8.08. The first-order valence-corrected chi connectivity index (χ1v) is 6.32. The number of benzene rings is 1. The lowest BCUT2D eigenvalue weighted by Crippen LogP contribution is -2.14. The molecule has 0 amide bonds. The smallest absolute Gasteiger partial charge is 0.135 e. The van der Waals surface area contributed by atoms with Gasteiger partial charge in [-0.1, -0.05) is 19.1 Å². The molecule has 1 aromatic carbocycles. The van der Waals surface area contributed by atoms with Gasteiger partial charge >= 0.3 is 0 Å². The summed E-state index contributed by atoms with van der Waals surface area (Å²) >= 11 is 4.76. The van der Waals surface area contributed by atoms with Crippen molar-refractivity contribution in [3.8, 4) is 0 Å². The van der Waals surface area contributed by atoms with E-state index in [-0.39, 0.29) is 10.8 Å². The van der Waals surface area contributed by atoms with Gasteiger partial charge in [0, 0.05) is 17.8 Å². The van der Waals surface area contributed by atoms with Crippen molar-refractivity contribution in [3.05, 3.63) is 29.6 Å². The van der Waals surface area contributed by atoms with Crippen molar-refractivity contribution in [2.45, 2.75) is 19.8 Å². The summed E-state index contributed by atoms with van der Waals surface area (Å²) in [6.45, 7) is 3.11. The molecule has 1 aliphatic carbocycles. The number of hydrogen-bond acceptors (Lipinski definition) is 2. The van der Waals surface area contributed by atoms with E-state index >= 15 is 0 Å². The second-order valence-corrected chi connectivity index (χ2v) is 5.19. The van der Waals surface area contributed by atoms with Gasteiger partial charge in [-0.2, -0.15) is 0 Å². The summed E-state index contributed by atoms with van der Waals surface area (Å²) in [5.74, 6) is 1.14. The van der Waals surface area contributed by atoms with Crippen LogP contribution in [0, 0.1) is 17.7 Å². The Bertz CT molecular complexity index is 429. The third-order valence-electron chi connectivity index (χ3n) is 3.29. The number of halogens is 1. The monoisotopic (exact) mass is 252 g/mol. The van der Waals surface area contributed by atoms with Crippen molar-refractivity contribution >= 4 is 22.9 Å². The third-order valence-corrected chi connectivity index (χ3v) is 3.51. The van der Waals surface area contributed by atoms with E-state index in [1.807, 2.05) is 6.07 Å². The van der Waals surface area contributed by atoms with Crippen LogP contribution in [0.3, 0.4) is 0 Å². The molecule has 0 spiro atoms. The summed E-state index contributed by atoms with van der Waals surface area (Å²) in [6.07, 6.45) is 2.66. The number of nitrogens with one attached hydrogen (secondary N) is 1. The van der Waals surface area contributed by atoms with Crippen LogP contribution in [0.1, 0.15) is 25.3 Å². The average molecular weight is 252 g/mol. The van der Waals surface area contributed by atoms with Gasteiger partial charge in [0.2, 0.25) is 0 Å². The van der Waals surface area contributed by atoms with Gasteiger partial charge in [-0.15, -0.1) is 0 Å². The molecule has 0 heterocycles. The maximum atomic E-state index is 13.6. The standard InChI is InChI=1S/C13H17FN2S/c1-8(9-2-3-9)7-16-10-4-5-11(13(15)17)12(14)6-10/h4-6,8-9,16H,2-3,7H2,1H3,(H2,15,17). The summed E-state index contributed by atoms with van der Waals surface area (Å²) in [5, 5.41) is 3.25. The summed E-state index contributed by atoms with van der Waals surface area (Å²) < 4.78 is 13.6. The molecule has 2 rings (SSSR count). The van der Waals surface area contributed by atoms with E-state index in [9.17, 15) is 4.39 Å². The van der Waals surface area contributed by atoms with Crippen molar-refractivity contribution in [1.29, 1.82) is 0 Å². The fourth-order valence-corrected chi connectivity index (χ4v) is 2.10. The maximum Gasteiger partial charge on any atom is 0.135 e. The molecule has 0 bridgehead atoms. The lowest BCUT2D eigenvalue weighted by Gasteiger charge is -2.13. The maximum absolute atomic E-state index is 13.6. The van der Waals surface area contributed by atoms with Crippen LogP contribution in [-0.4, -0.2) is 11.5 Å². The topological polar surface area (TPSA) is 38.0 Å². The zero-order chi connectivity index (χ0) is 12.4. The normalized spacial score (nSPS) is 16.6. The number of thiocarbonyl (C=S) groups is 1. The van der Waals surface area contributed by atoms with Crippen LogP contribution in [0.5, 0.6) is 0 Å². The highest BCUT2D eigenvalue weighted by Crippen LogP contribution is 2.36. The zero-order valence-corrected chi connectivity index (χ0v) is 10.7. The second-order valence-electron chi connectivity index (χ2n) is 4.75. The highest BCUT2D eigenvalue weighted by atomic mass is 32.1. The number of hydrogen-bond donors (Lipinski definition) is 2. The van der Waals surface area contributed by atoms with Crippen LogP contribution in [0.4, 0.5) is 10.1 Å². The van der Waals surface area contributed by atoms with Gasteiger partial charge in [0.05, 0.1) is 0 Å². The van der Waals surface area contributed by atoms with E-state index < -0.39 is 0 Å². The lowest BCUT2D eigenvalue weighted by molar-refractivity contribution is 0.536. The largest absolute Gasteiger partial charge is 0.389 e. The van der Waals surface area contributed by atoms with Crippen LogP contribution in [-0.2, 0) is 0 Å². The van der Waals surface area contributed by atoms with E-state index in [2.05, 4.69) is 12.2 Å². The minimum absolute atomic E-state index is 0.0976. The fraction of sp³-hybridized carbons (Fsp3) is 0.462. The van der Waals surface area contributed by atoms with E-state index in [4.69, 9.17) is 18.0 Å². The molecule has 0 aliphatic heterocycles. The number of nitrogens with two attached hydrogens (primary N) is 1. The second kappa shape index (κ2) is 5.00. The summed E-state index contributed by atoms with van der Waals surface area (Å²) in [7, 11) is 0. The van der Waals surface area contributed by atoms with Crippen molar-refractivity contribution in [2.24, 2.45) is 17.6 Å². The molecule has 1 unspecified atom stereocenters.